The number of benzene rings is 4. The molecule has 6 rings (SSSR count). The van der Waals surface area contributed by atoms with E-state index in [4.69, 9.17) is 0 Å². The van der Waals surface area contributed by atoms with Crippen LogP contribution in [0.4, 0.5) is 0 Å². The molecule has 174 valence electrons. The van der Waals surface area contributed by atoms with Crippen LogP contribution in [0.1, 0.15) is 5.56 Å². The number of fused-ring (bicyclic) bond motifs is 2. The standard InChI is InChI=1S/C12H10Si.C10H9.C9H7.2ClH.Zr/c1-3-7-11(8-4-1)13-12-9-5-2-6-10-12;1-8-6-9-4-2-3-5-10(9)7-8;1-2-5-9-7-3-6-8(9)4-1;;;/h1-10H;2-7H,1H3;1-7H;2*1H;/q;2*-1;;;+2/p-2. The molecule has 0 N–H and O–H groups in total. The molecule has 0 spiro atoms. The number of hydrogen-bond acceptors (Lipinski definition) is 0. The molecule has 0 fully saturated rings. The monoisotopic (exact) mass is 586 g/mol. The van der Waals surface area contributed by atoms with E-state index in [0.29, 0.717) is 0 Å². The van der Waals surface area contributed by atoms with Crippen molar-refractivity contribution in [2.75, 3.05) is 0 Å². The molecule has 0 radical (unpaired) electrons. The van der Waals surface area contributed by atoms with Gasteiger partial charge in [0.15, 0.2) is 0 Å². The Morgan fingerprint density at radius 2 is 1.06 bits per heavy atom. The van der Waals surface area contributed by atoms with Gasteiger partial charge >= 0.3 is 99.8 Å². The smallest absolute Gasteiger partial charge is 0.0809 e. The van der Waals surface area contributed by atoms with Crippen LogP contribution in [-0.4, -0.2) is 5.43 Å². The SMILES string of the molecule is Cc1cc2ccccc2[cH-]1.[Cl-].[Cl-].[Zr+2]=[Si](c1ccccc1)c1ccccc1.c1ccc2[cH-]ccc2c1. The van der Waals surface area contributed by atoms with E-state index in [2.05, 4.69) is 146 Å². The summed E-state index contributed by atoms with van der Waals surface area (Å²) in [6.45, 7) is 2.12. The summed E-state index contributed by atoms with van der Waals surface area (Å²) in [6.07, 6.45) is 0. The Morgan fingerprint density at radius 3 is 1.60 bits per heavy atom. The van der Waals surface area contributed by atoms with Gasteiger partial charge in [0, 0.05) is 0 Å². The van der Waals surface area contributed by atoms with E-state index in [-0.39, 0.29) is 24.8 Å². The van der Waals surface area contributed by atoms with Crippen molar-refractivity contribution >= 4 is 37.4 Å². The molecule has 0 unspecified atom stereocenters. The minimum absolute atomic E-state index is 0. The summed E-state index contributed by atoms with van der Waals surface area (Å²) < 4.78 is 0. The summed E-state index contributed by atoms with van der Waals surface area (Å²) in [5, 5.41) is 8.39. The van der Waals surface area contributed by atoms with Gasteiger partial charge in [-0.3, -0.25) is 0 Å². The third kappa shape index (κ3) is 8.44. The Kier molecular flexibility index (Phi) is 12.4. The number of rotatable bonds is 2. The van der Waals surface area contributed by atoms with Crippen molar-refractivity contribution in [3.63, 3.8) is 0 Å². The van der Waals surface area contributed by atoms with Crippen LogP contribution in [0.2, 0.25) is 0 Å². The predicted molar refractivity (Wildman–Crippen MR) is 142 cm³/mol. The van der Waals surface area contributed by atoms with E-state index in [1.165, 1.54) is 37.5 Å². The molecule has 0 saturated heterocycles. The Hall–Kier alpha value is -2.22. The van der Waals surface area contributed by atoms with E-state index >= 15 is 0 Å². The van der Waals surface area contributed by atoms with Gasteiger partial charge in [-0.25, -0.2) is 0 Å². The second-order valence-electron chi connectivity index (χ2n) is 7.92. The maximum absolute atomic E-state index is 2.25. The zero-order chi connectivity index (χ0) is 22.9. The van der Waals surface area contributed by atoms with Gasteiger partial charge in [-0.05, 0) is 0 Å². The van der Waals surface area contributed by atoms with Crippen molar-refractivity contribution in [2.24, 2.45) is 0 Å². The van der Waals surface area contributed by atoms with Crippen LogP contribution in [0.25, 0.3) is 21.5 Å². The van der Waals surface area contributed by atoms with Gasteiger partial charge in [-0.2, -0.15) is 23.6 Å². The fraction of sp³-hybridized carbons (Fsp3) is 0.0323. The molecule has 0 bridgehead atoms. The van der Waals surface area contributed by atoms with Crippen LogP contribution in [0, 0.1) is 6.92 Å². The van der Waals surface area contributed by atoms with E-state index in [1.54, 1.807) is 23.3 Å². The molecule has 35 heavy (non-hydrogen) atoms. The fourth-order valence-corrected chi connectivity index (χ4v) is 7.60. The van der Waals surface area contributed by atoms with Crippen LogP contribution >= 0.6 is 0 Å². The predicted octanol–water partition coefficient (Wildman–Crippen LogP) is 0.773. The molecular weight excluding hydrogens is 563 g/mol. The molecule has 0 aromatic heterocycles. The maximum atomic E-state index is 2.25. The third-order valence-corrected chi connectivity index (χ3v) is 11.5. The molecule has 0 aliphatic heterocycles. The summed E-state index contributed by atoms with van der Waals surface area (Å²) in [7, 11) is 0. The number of aryl methyl sites for hydroxylation is 1. The molecule has 0 atom stereocenters. The van der Waals surface area contributed by atoms with E-state index < -0.39 is 5.43 Å². The Balaban J connectivity index is 0.000000185. The molecule has 6 aromatic rings. The first kappa shape index (κ1) is 29.0. The average Bonchev–Trinajstić information content (AvgIpc) is 3.51. The van der Waals surface area contributed by atoms with Crippen molar-refractivity contribution in [1.82, 2.24) is 0 Å². The summed E-state index contributed by atoms with van der Waals surface area (Å²) in [5.41, 5.74) is 0.894. The molecular formula is C31H26Cl2SiZr-2. The van der Waals surface area contributed by atoms with Crippen molar-refractivity contribution in [1.29, 1.82) is 0 Å². The van der Waals surface area contributed by atoms with Gasteiger partial charge in [-0.1, -0.05) is 19.1 Å². The zero-order valence-corrected chi connectivity index (χ0v) is 24.5. The van der Waals surface area contributed by atoms with Crippen LogP contribution in [-0.2, 0) is 23.3 Å². The van der Waals surface area contributed by atoms with E-state index in [9.17, 15) is 0 Å². The maximum Gasteiger partial charge on any atom is -0.0809 e. The average molecular weight is 589 g/mol. The first-order valence-electron chi connectivity index (χ1n) is 11.1. The van der Waals surface area contributed by atoms with Gasteiger partial charge in [0.05, 0.1) is 0 Å². The van der Waals surface area contributed by atoms with Gasteiger partial charge in [0.1, 0.15) is 0 Å². The number of hydrogen-bond donors (Lipinski definition) is 0. The van der Waals surface area contributed by atoms with Crippen LogP contribution in [0.15, 0.2) is 140 Å². The second kappa shape index (κ2) is 15.0. The number of halogens is 2. The molecule has 0 nitrogen and oxygen atoms in total. The second-order valence-corrected chi connectivity index (χ2v) is 13.5. The minimum Gasteiger partial charge on any atom is -0.168 e. The molecule has 0 amide bonds. The minimum atomic E-state index is -0.455. The van der Waals surface area contributed by atoms with Gasteiger partial charge in [0.25, 0.3) is 0 Å². The molecule has 0 aliphatic carbocycles. The van der Waals surface area contributed by atoms with Gasteiger partial charge < -0.3 is 24.8 Å². The largest absolute Gasteiger partial charge is 0.168 e. The summed E-state index contributed by atoms with van der Waals surface area (Å²) in [5.74, 6) is 0. The third-order valence-electron chi connectivity index (χ3n) is 5.43. The van der Waals surface area contributed by atoms with Crippen LogP contribution in [0.5, 0.6) is 0 Å². The van der Waals surface area contributed by atoms with Crippen LogP contribution in [0.3, 0.4) is 0 Å². The van der Waals surface area contributed by atoms with E-state index in [1.807, 2.05) is 0 Å². The summed E-state index contributed by atoms with van der Waals surface area (Å²) in [6, 6.07) is 49.2. The molecule has 0 saturated carbocycles. The molecule has 6 aromatic carbocycles. The molecule has 0 heterocycles. The first-order valence-corrected chi connectivity index (χ1v) is 16.3. The molecule has 4 heteroatoms. The Morgan fingerprint density at radius 1 is 0.571 bits per heavy atom. The quantitative estimate of drug-likeness (QED) is 0.207. The van der Waals surface area contributed by atoms with Crippen molar-refractivity contribution in [2.45, 2.75) is 6.92 Å². The topological polar surface area (TPSA) is 0 Å². The van der Waals surface area contributed by atoms with Crippen molar-refractivity contribution in [3.05, 3.63) is 145 Å². The first-order chi connectivity index (χ1) is 16.2. The van der Waals surface area contributed by atoms with Gasteiger partial charge in [-0.15, -0.1) is 70.3 Å². The molecule has 0 aliphatic rings. The Bertz CT molecular complexity index is 1330. The fourth-order valence-electron chi connectivity index (χ4n) is 3.75. The normalized spacial score (nSPS) is 9.57. The van der Waals surface area contributed by atoms with Crippen molar-refractivity contribution in [3.8, 4) is 0 Å². The summed E-state index contributed by atoms with van der Waals surface area (Å²) >= 11 is 1.64. The zero-order valence-electron chi connectivity index (χ0n) is 19.5. The van der Waals surface area contributed by atoms with Gasteiger partial charge in [0.2, 0.25) is 0 Å². The van der Waals surface area contributed by atoms with E-state index in [0.717, 1.165) is 0 Å². The van der Waals surface area contributed by atoms with Crippen LogP contribution < -0.4 is 35.2 Å². The Labute approximate surface area is 235 Å². The van der Waals surface area contributed by atoms with Crippen molar-refractivity contribution < 1.29 is 48.1 Å². The summed E-state index contributed by atoms with van der Waals surface area (Å²) in [4.78, 5) is 0.